The molecule has 0 radical (unpaired) electrons. The van der Waals surface area contributed by atoms with E-state index in [1.165, 1.54) is 11.3 Å². The molecule has 2 rings (SSSR count). The Kier molecular flexibility index (Phi) is 5.11. The smallest absolute Gasteiger partial charge is 0.270 e. The number of halogens is 1. The zero-order valence-corrected chi connectivity index (χ0v) is 12.7. The molecule has 4 nitrogen and oxygen atoms in total. The molecule has 1 amide bonds. The molecule has 0 spiro atoms. The standard InChI is InChI=1S/C14H16ClN3OS/c1-9(6-16)7-17-13(19)12-8-20-14(18-12)10-2-4-11(15)5-3-10/h2-5,8-9H,6-7,16H2,1H3,(H,17,19). The molecule has 1 aromatic carbocycles. The molecule has 0 saturated heterocycles. The lowest BCUT2D eigenvalue weighted by Crippen LogP contribution is -2.31. The van der Waals surface area contributed by atoms with Gasteiger partial charge in [-0.2, -0.15) is 0 Å². The van der Waals surface area contributed by atoms with Crippen molar-refractivity contribution in [1.82, 2.24) is 10.3 Å². The van der Waals surface area contributed by atoms with E-state index in [1.807, 2.05) is 19.1 Å². The summed E-state index contributed by atoms with van der Waals surface area (Å²) in [6.07, 6.45) is 0. The molecule has 1 atom stereocenters. The first kappa shape index (κ1) is 15.0. The highest BCUT2D eigenvalue weighted by Gasteiger charge is 2.12. The third kappa shape index (κ3) is 3.79. The molecule has 1 unspecified atom stereocenters. The quantitative estimate of drug-likeness (QED) is 0.892. The van der Waals surface area contributed by atoms with Crippen molar-refractivity contribution >= 4 is 28.8 Å². The molecule has 0 aliphatic heterocycles. The number of aromatic nitrogens is 1. The van der Waals surface area contributed by atoms with Crippen molar-refractivity contribution in [1.29, 1.82) is 0 Å². The highest BCUT2D eigenvalue weighted by molar-refractivity contribution is 7.13. The zero-order valence-electron chi connectivity index (χ0n) is 11.1. The van der Waals surface area contributed by atoms with E-state index in [0.717, 1.165) is 10.6 Å². The number of hydrogen-bond donors (Lipinski definition) is 2. The van der Waals surface area contributed by atoms with E-state index in [4.69, 9.17) is 17.3 Å². The Labute approximate surface area is 127 Å². The predicted octanol–water partition coefficient (Wildman–Crippen LogP) is 2.79. The van der Waals surface area contributed by atoms with E-state index in [9.17, 15) is 4.79 Å². The second kappa shape index (κ2) is 6.83. The Hall–Kier alpha value is -1.43. The van der Waals surface area contributed by atoms with Crippen LogP contribution in [0, 0.1) is 5.92 Å². The lowest BCUT2D eigenvalue weighted by atomic mass is 10.2. The summed E-state index contributed by atoms with van der Waals surface area (Å²) in [7, 11) is 0. The zero-order chi connectivity index (χ0) is 14.5. The minimum atomic E-state index is -0.165. The van der Waals surface area contributed by atoms with Crippen LogP contribution in [0.2, 0.25) is 5.02 Å². The van der Waals surface area contributed by atoms with Crippen LogP contribution < -0.4 is 11.1 Å². The first-order chi connectivity index (χ1) is 9.60. The van der Waals surface area contributed by atoms with Gasteiger partial charge in [-0.05, 0) is 24.6 Å². The summed E-state index contributed by atoms with van der Waals surface area (Å²) in [5.41, 5.74) is 6.90. The molecule has 0 bridgehead atoms. The van der Waals surface area contributed by atoms with Crippen molar-refractivity contribution in [3.05, 3.63) is 40.4 Å². The fraction of sp³-hybridized carbons (Fsp3) is 0.286. The molecule has 2 aromatic rings. The van der Waals surface area contributed by atoms with Gasteiger partial charge in [0.25, 0.3) is 5.91 Å². The van der Waals surface area contributed by atoms with Crippen LogP contribution >= 0.6 is 22.9 Å². The Bertz CT molecular complexity index is 582. The second-order valence-electron chi connectivity index (χ2n) is 4.60. The monoisotopic (exact) mass is 309 g/mol. The lowest BCUT2D eigenvalue weighted by Gasteiger charge is -2.08. The van der Waals surface area contributed by atoms with Crippen LogP contribution in [0.15, 0.2) is 29.6 Å². The third-order valence-electron chi connectivity index (χ3n) is 2.84. The number of amides is 1. The van der Waals surface area contributed by atoms with Gasteiger partial charge < -0.3 is 11.1 Å². The molecule has 0 aliphatic rings. The van der Waals surface area contributed by atoms with Crippen molar-refractivity contribution in [2.75, 3.05) is 13.1 Å². The number of thiazole rings is 1. The number of benzene rings is 1. The normalized spacial score (nSPS) is 12.2. The fourth-order valence-electron chi connectivity index (χ4n) is 1.54. The number of rotatable bonds is 5. The van der Waals surface area contributed by atoms with Crippen LogP contribution in [0.5, 0.6) is 0 Å². The van der Waals surface area contributed by atoms with Gasteiger partial charge in [-0.3, -0.25) is 4.79 Å². The predicted molar refractivity (Wildman–Crippen MR) is 83.1 cm³/mol. The average molecular weight is 310 g/mol. The second-order valence-corrected chi connectivity index (χ2v) is 5.89. The minimum absolute atomic E-state index is 0.165. The molecule has 1 aromatic heterocycles. The van der Waals surface area contributed by atoms with Crippen LogP contribution in [-0.2, 0) is 0 Å². The van der Waals surface area contributed by atoms with E-state index < -0.39 is 0 Å². The molecule has 6 heteroatoms. The number of nitrogens with zero attached hydrogens (tertiary/aromatic N) is 1. The summed E-state index contributed by atoms with van der Waals surface area (Å²) in [5.74, 6) is 0.0927. The summed E-state index contributed by atoms with van der Waals surface area (Å²) in [5, 5.41) is 6.07. The number of hydrogen-bond acceptors (Lipinski definition) is 4. The van der Waals surface area contributed by atoms with E-state index in [2.05, 4.69) is 10.3 Å². The Balaban J connectivity index is 2.05. The first-order valence-electron chi connectivity index (χ1n) is 6.30. The van der Waals surface area contributed by atoms with Gasteiger partial charge in [-0.15, -0.1) is 11.3 Å². The minimum Gasteiger partial charge on any atom is -0.350 e. The van der Waals surface area contributed by atoms with E-state index in [-0.39, 0.29) is 11.8 Å². The van der Waals surface area contributed by atoms with Crippen LogP contribution in [-0.4, -0.2) is 24.0 Å². The van der Waals surface area contributed by atoms with Crippen LogP contribution in [0.4, 0.5) is 0 Å². The van der Waals surface area contributed by atoms with Gasteiger partial charge in [-0.25, -0.2) is 4.98 Å². The van der Waals surface area contributed by atoms with Gasteiger partial charge >= 0.3 is 0 Å². The summed E-state index contributed by atoms with van der Waals surface area (Å²) >= 11 is 7.29. The molecule has 0 fully saturated rings. The Morgan fingerprint density at radius 3 is 2.80 bits per heavy atom. The summed E-state index contributed by atoms with van der Waals surface area (Å²) in [6, 6.07) is 7.39. The number of carbonyl (C=O) groups is 1. The van der Waals surface area contributed by atoms with E-state index >= 15 is 0 Å². The molecule has 20 heavy (non-hydrogen) atoms. The Morgan fingerprint density at radius 1 is 1.45 bits per heavy atom. The highest BCUT2D eigenvalue weighted by Crippen LogP contribution is 2.25. The van der Waals surface area contributed by atoms with Crippen molar-refractivity contribution in [3.63, 3.8) is 0 Å². The van der Waals surface area contributed by atoms with Gasteiger partial charge in [0, 0.05) is 22.5 Å². The summed E-state index contributed by atoms with van der Waals surface area (Å²) in [6.45, 7) is 3.09. The van der Waals surface area contributed by atoms with Gasteiger partial charge in [0.2, 0.25) is 0 Å². The summed E-state index contributed by atoms with van der Waals surface area (Å²) < 4.78 is 0. The third-order valence-corrected chi connectivity index (χ3v) is 3.98. The van der Waals surface area contributed by atoms with Gasteiger partial charge in [-0.1, -0.05) is 30.7 Å². The van der Waals surface area contributed by atoms with Crippen molar-refractivity contribution in [2.45, 2.75) is 6.92 Å². The molecular formula is C14H16ClN3OS. The molecular weight excluding hydrogens is 294 g/mol. The first-order valence-corrected chi connectivity index (χ1v) is 7.55. The fourth-order valence-corrected chi connectivity index (χ4v) is 2.48. The molecule has 0 saturated carbocycles. The number of nitrogens with two attached hydrogens (primary N) is 1. The van der Waals surface area contributed by atoms with Crippen molar-refractivity contribution < 1.29 is 4.79 Å². The maximum Gasteiger partial charge on any atom is 0.270 e. The highest BCUT2D eigenvalue weighted by atomic mass is 35.5. The Morgan fingerprint density at radius 2 is 2.15 bits per heavy atom. The maximum atomic E-state index is 11.9. The van der Waals surface area contributed by atoms with Crippen molar-refractivity contribution in [3.8, 4) is 10.6 Å². The molecule has 3 N–H and O–H groups in total. The lowest BCUT2D eigenvalue weighted by molar-refractivity contribution is 0.0944. The van der Waals surface area contributed by atoms with E-state index in [1.54, 1.807) is 17.5 Å². The van der Waals surface area contributed by atoms with Crippen LogP contribution in [0.3, 0.4) is 0 Å². The van der Waals surface area contributed by atoms with Crippen molar-refractivity contribution in [2.24, 2.45) is 11.7 Å². The molecule has 1 heterocycles. The van der Waals surface area contributed by atoms with Crippen LogP contribution in [0.25, 0.3) is 10.6 Å². The molecule has 0 aliphatic carbocycles. The SMILES string of the molecule is CC(CN)CNC(=O)c1csc(-c2ccc(Cl)cc2)n1. The number of carbonyl (C=O) groups excluding carboxylic acids is 1. The maximum absolute atomic E-state index is 11.9. The van der Waals surface area contributed by atoms with E-state index in [0.29, 0.717) is 23.8 Å². The molecule has 106 valence electrons. The van der Waals surface area contributed by atoms with Gasteiger partial charge in [0.05, 0.1) is 0 Å². The largest absolute Gasteiger partial charge is 0.350 e. The average Bonchev–Trinajstić information content (AvgIpc) is 2.95. The topological polar surface area (TPSA) is 68.0 Å². The van der Waals surface area contributed by atoms with Crippen LogP contribution in [0.1, 0.15) is 17.4 Å². The summed E-state index contributed by atoms with van der Waals surface area (Å²) in [4.78, 5) is 16.3. The van der Waals surface area contributed by atoms with Gasteiger partial charge in [0.1, 0.15) is 10.7 Å². The number of nitrogens with one attached hydrogen (secondary N) is 1. The van der Waals surface area contributed by atoms with Gasteiger partial charge in [0.15, 0.2) is 0 Å².